The summed E-state index contributed by atoms with van der Waals surface area (Å²) in [6.45, 7) is 9.48. The lowest BCUT2D eigenvalue weighted by Crippen LogP contribution is -2.31. The van der Waals surface area contributed by atoms with Gasteiger partial charge in [-0.1, -0.05) is 13.8 Å². The molecule has 0 spiro atoms. The van der Waals surface area contributed by atoms with Crippen LogP contribution in [-0.4, -0.2) is 46.3 Å². The van der Waals surface area contributed by atoms with Crippen molar-refractivity contribution in [3.05, 3.63) is 36.3 Å². The van der Waals surface area contributed by atoms with E-state index in [0.717, 1.165) is 44.0 Å². The van der Waals surface area contributed by atoms with Crippen molar-refractivity contribution in [1.29, 1.82) is 0 Å². The number of likely N-dealkylation sites (N-methyl/N-ethyl adjacent to an activating group) is 1. The molecule has 5 nitrogen and oxygen atoms in total. The Morgan fingerprint density at radius 1 is 1.25 bits per heavy atom. The molecular formula is C15H23N5. The summed E-state index contributed by atoms with van der Waals surface area (Å²) in [5, 5.41) is 10.7. The lowest BCUT2D eigenvalue weighted by Gasteiger charge is -2.17. The van der Waals surface area contributed by atoms with Gasteiger partial charge in [0.05, 0.1) is 11.9 Å². The molecule has 0 saturated carbocycles. The third kappa shape index (κ3) is 3.88. The first-order chi connectivity index (χ1) is 9.85. The van der Waals surface area contributed by atoms with Gasteiger partial charge in [0.15, 0.2) is 0 Å². The molecule has 20 heavy (non-hydrogen) atoms. The minimum Gasteiger partial charge on any atom is -0.311 e. The van der Waals surface area contributed by atoms with Crippen molar-refractivity contribution in [1.82, 2.24) is 25.4 Å². The summed E-state index contributed by atoms with van der Waals surface area (Å²) < 4.78 is 0. The predicted octanol–water partition coefficient (Wildman–Crippen LogP) is 1.90. The fraction of sp³-hybridized carbons (Fsp3) is 0.467. The Kier molecular flexibility index (Phi) is 5.70. The molecule has 2 aromatic rings. The van der Waals surface area contributed by atoms with E-state index in [0.29, 0.717) is 0 Å². The number of hydrogen-bond donors (Lipinski definition) is 2. The number of nitrogens with one attached hydrogen (secondary N) is 2. The lowest BCUT2D eigenvalue weighted by atomic mass is 10.1. The monoisotopic (exact) mass is 273 g/mol. The Balaban J connectivity index is 1.87. The Morgan fingerprint density at radius 2 is 2.10 bits per heavy atom. The fourth-order valence-corrected chi connectivity index (χ4v) is 2.21. The van der Waals surface area contributed by atoms with Gasteiger partial charge in [-0.2, -0.15) is 5.10 Å². The zero-order chi connectivity index (χ0) is 14.2. The summed E-state index contributed by atoms with van der Waals surface area (Å²) in [6.07, 6.45) is 5.52. The number of H-pyrrole nitrogens is 1. The van der Waals surface area contributed by atoms with E-state index in [2.05, 4.69) is 39.2 Å². The highest BCUT2D eigenvalue weighted by molar-refractivity contribution is 5.61. The van der Waals surface area contributed by atoms with Gasteiger partial charge >= 0.3 is 0 Å². The first kappa shape index (κ1) is 14.7. The van der Waals surface area contributed by atoms with Crippen molar-refractivity contribution in [3.63, 3.8) is 0 Å². The minimum absolute atomic E-state index is 0.821. The zero-order valence-electron chi connectivity index (χ0n) is 12.3. The summed E-state index contributed by atoms with van der Waals surface area (Å²) in [7, 11) is 0. The van der Waals surface area contributed by atoms with Crippen LogP contribution in [0.1, 0.15) is 19.4 Å². The van der Waals surface area contributed by atoms with Crippen LogP contribution in [-0.2, 0) is 6.54 Å². The predicted molar refractivity (Wildman–Crippen MR) is 81.3 cm³/mol. The molecular weight excluding hydrogens is 250 g/mol. The van der Waals surface area contributed by atoms with E-state index in [1.807, 2.05) is 24.5 Å². The highest BCUT2D eigenvalue weighted by Crippen LogP contribution is 2.19. The van der Waals surface area contributed by atoms with E-state index in [4.69, 9.17) is 0 Å². The topological polar surface area (TPSA) is 56.8 Å². The fourth-order valence-electron chi connectivity index (χ4n) is 2.21. The molecule has 2 rings (SSSR count). The molecule has 0 bridgehead atoms. The second-order valence-electron chi connectivity index (χ2n) is 4.72. The van der Waals surface area contributed by atoms with Crippen molar-refractivity contribution in [3.8, 4) is 11.3 Å². The summed E-state index contributed by atoms with van der Waals surface area (Å²) >= 11 is 0. The molecule has 108 valence electrons. The molecule has 2 heterocycles. The maximum absolute atomic E-state index is 4.15. The van der Waals surface area contributed by atoms with E-state index in [9.17, 15) is 0 Å². The van der Waals surface area contributed by atoms with Crippen LogP contribution >= 0.6 is 0 Å². The van der Waals surface area contributed by atoms with E-state index < -0.39 is 0 Å². The van der Waals surface area contributed by atoms with Gasteiger partial charge in [-0.15, -0.1) is 0 Å². The Morgan fingerprint density at radius 3 is 2.80 bits per heavy atom. The molecule has 0 saturated heterocycles. The van der Waals surface area contributed by atoms with Crippen molar-refractivity contribution in [2.45, 2.75) is 20.4 Å². The first-order valence-corrected chi connectivity index (χ1v) is 7.20. The van der Waals surface area contributed by atoms with Crippen LogP contribution in [0, 0.1) is 0 Å². The van der Waals surface area contributed by atoms with Gasteiger partial charge in [0.1, 0.15) is 0 Å². The van der Waals surface area contributed by atoms with Crippen molar-refractivity contribution in [2.24, 2.45) is 0 Å². The Hall–Kier alpha value is -1.72. The van der Waals surface area contributed by atoms with Crippen LogP contribution in [0.4, 0.5) is 0 Å². The highest BCUT2D eigenvalue weighted by Gasteiger charge is 2.07. The normalized spacial score (nSPS) is 11.2. The van der Waals surface area contributed by atoms with Gasteiger partial charge in [-0.05, 0) is 25.2 Å². The van der Waals surface area contributed by atoms with Gasteiger partial charge < -0.3 is 10.2 Å². The lowest BCUT2D eigenvalue weighted by molar-refractivity contribution is 0.302. The highest BCUT2D eigenvalue weighted by atomic mass is 15.1. The van der Waals surface area contributed by atoms with Crippen molar-refractivity contribution in [2.75, 3.05) is 26.2 Å². The molecule has 0 amide bonds. The largest absolute Gasteiger partial charge is 0.311 e. The number of hydrogen-bond acceptors (Lipinski definition) is 4. The standard InChI is InChI=1S/C15H23N5/c1-3-20(4-2)9-8-17-11-14-12-18-19-15(14)13-6-5-7-16-10-13/h5-7,10,12,17H,3-4,8-9,11H2,1-2H3,(H,18,19). The average molecular weight is 273 g/mol. The molecule has 2 aromatic heterocycles. The van der Waals surface area contributed by atoms with Crippen LogP contribution in [0.2, 0.25) is 0 Å². The van der Waals surface area contributed by atoms with Gasteiger partial charge in [-0.25, -0.2) is 0 Å². The quantitative estimate of drug-likeness (QED) is 0.721. The van der Waals surface area contributed by atoms with Crippen molar-refractivity contribution >= 4 is 0 Å². The summed E-state index contributed by atoms with van der Waals surface area (Å²) in [5.74, 6) is 0. The molecule has 0 fully saturated rings. The average Bonchev–Trinajstić information content (AvgIpc) is 2.97. The molecule has 0 aliphatic heterocycles. The van der Waals surface area contributed by atoms with Crippen LogP contribution < -0.4 is 5.32 Å². The second kappa shape index (κ2) is 7.77. The molecule has 0 aliphatic carbocycles. The molecule has 0 aliphatic rings. The molecule has 0 atom stereocenters. The number of pyridine rings is 1. The van der Waals surface area contributed by atoms with E-state index in [-0.39, 0.29) is 0 Å². The summed E-state index contributed by atoms with van der Waals surface area (Å²) in [4.78, 5) is 6.56. The Bertz CT molecular complexity index is 490. The molecule has 0 aromatic carbocycles. The zero-order valence-corrected chi connectivity index (χ0v) is 12.3. The van der Waals surface area contributed by atoms with Gasteiger partial charge in [0, 0.05) is 43.2 Å². The molecule has 0 unspecified atom stereocenters. The second-order valence-corrected chi connectivity index (χ2v) is 4.72. The molecule has 0 radical (unpaired) electrons. The van der Waals surface area contributed by atoms with E-state index in [1.54, 1.807) is 6.20 Å². The van der Waals surface area contributed by atoms with Crippen molar-refractivity contribution < 1.29 is 0 Å². The SMILES string of the molecule is CCN(CC)CCNCc1cn[nH]c1-c1cccnc1. The number of aromatic amines is 1. The van der Waals surface area contributed by atoms with Crippen LogP contribution in [0.3, 0.4) is 0 Å². The maximum Gasteiger partial charge on any atom is 0.0710 e. The van der Waals surface area contributed by atoms with Gasteiger partial charge in [0.25, 0.3) is 0 Å². The van der Waals surface area contributed by atoms with Crippen LogP contribution in [0.5, 0.6) is 0 Å². The van der Waals surface area contributed by atoms with Crippen LogP contribution in [0.15, 0.2) is 30.7 Å². The maximum atomic E-state index is 4.15. The summed E-state index contributed by atoms with van der Waals surface area (Å²) in [5.41, 5.74) is 3.30. The van der Waals surface area contributed by atoms with Gasteiger partial charge in [0.2, 0.25) is 0 Å². The number of nitrogens with zero attached hydrogens (tertiary/aromatic N) is 3. The number of rotatable bonds is 8. The van der Waals surface area contributed by atoms with Gasteiger partial charge in [-0.3, -0.25) is 10.1 Å². The summed E-state index contributed by atoms with van der Waals surface area (Å²) in [6, 6.07) is 3.98. The third-order valence-corrected chi connectivity index (χ3v) is 3.48. The van der Waals surface area contributed by atoms with Crippen LogP contribution in [0.25, 0.3) is 11.3 Å². The minimum atomic E-state index is 0.821. The van der Waals surface area contributed by atoms with E-state index >= 15 is 0 Å². The first-order valence-electron chi connectivity index (χ1n) is 7.20. The molecule has 5 heteroatoms. The number of aromatic nitrogens is 3. The van der Waals surface area contributed by atoms with E-state index in [1.165, 1.54) is 5.56 Å². The third-order valence-electron chi connectivity index (χ3n) is 3.48. The Labute approximate surface area is 120 Å². The molecule has 2 N–H and O–H groups in total. The smallest absolute Gasteiger partial charge is 0.0710 e.